The second-order valence-corrected chi connectivity index (χ2v) is 3.86. The zero-order valence-electron chi connectivity index (χ0n) is 9.31. The van der Waals surface area contributed by atoms with Gasteiger partial charge in [-0.2, -0.15) is 0 Å². The van der Waals surface area contributed by atoms with Crippen LogP contribution in [-0.4, -0.2) is 24.3 Å². The molecule has 0 aliphatic heterocycles. The Balaban J connectivity index is 2.26. The molecule has 0 bridgehead atoms. The van der Waals surface area contributed by atoms with Crippen molar-refractivity contribution >= 4 is 6.08 Å². The van der Waals surface area contributed by atoms with E-state index in [0.717, 1.165) is 12.3 Å². The molecule has 84 valence electrons. The minimum atomic E-state index is 0.159. The average Bonchev–Trinajstić information content (AvgIpc) is 2.70. The Bertz CT molecular complexity index is 278. The molecule has 1 heterocycles. The first kappa shape index (κ1) is 12.0. The van der Waals surface area contributed by atoms with E-state index < -0.39 is 0 Å². The normalized spacial score (nSPS) is 13.9. The van der Waals surface area contributed by atoms with Gasteiger partial charge in [0.1, 0.15) is 5.76 Å². The maximum atomic E-state index is 9.07. The van der Waals surface area contributed by atoms with Crippen LogP contribution in [0.1, 0.15) is 19.6 Å². The van der Waals surface area contributed by atoms with E-state index in [1.807, 2.05) is 24.3 Å². The van der Waals surface area contributed by atoms with E-state index in [0.29, 0.717) is 5.92 Å². The van der Waals surface area contributed by atoms with Gasteiger partial charge in [0, 0.05) is 12.6 Å². The first-order valence-corrected chi connectivity index (χ1v) is 5.28. The van der Waals surface area contributed by atoms with Crippen LogP contribution >= 0.6 is 0 Å². The summed E-state index contributed by atoms with van der Waals surface area (Å²) in [5, 5.41) is 12.3. The van der Waals surface area contributed by atoms with E-state index in [4.69, 9.17) is 9.52 Å². The Labute approximate surface area is 90.8 Å². The SMILES string of the molecule is CC(C)[C@@H](CO)NC/C=C/c1ccco1. The number of aliphatic hydroxyl groups is 1. The maximum absolute atomic E-state index is 9.07. The molecule has 3 nitrogen and oxygen atoms in total. The van der Waals surface area contributed by atoms with Crippen LogP contribution in [0, 0.1) is 5.92 Å². The van der Waals surface area contributed by atoms with Gasteiger partial charge in [0.25, 0.3) is 0 Å². The number of nitrogens with one attached hydrogen (secondary N) is 1. The monoisotopic (exact) mass is 209 g/mol. The molecular weight excluding hydrogens is 190 g/mol. The van der Waals surface area contributed by atoms with E-state index in [9.17, 15) is 0 Å². The minimum absolute atomic E-state index is 0.159. The molecule has 0 aliphatic rings. The molecule has 1 aromatic heterocycles. The summed E-state index contributed by atoms with van der Waals surface area (Å²) in [7, 11) is 0. The van der Waals surface area contributed by atoms with Gasteiger partial charge < -0.3 is 14.8 Å². The largest absolute Gasteiger partial charge is 0.465 e. The van der Waals surface area contributed by atoms with Gasteiger partial charge in [0.05, 0.1) is 12.9 Å². The molecule has 2 N–H and O–H groups in total. The van der Waals surface area contributed by atoms with Crippen LogP contribution in [0.15, 0.2) is 28.9 Å². The molecule has 15 heavy (non-hydrogen) atoms. The molecule has 0 spiro atoms. The first-order valence-electron chi connectivity index (χ1n) is 5.28. The van der Waals surface area contributed by atoms with Crippen molar-refractivity contribution in [3.8, 4) is 0 Å². The van der Waals surface area contributed by atoms with Gasteiger partial charge in [-0.1, -0.05) is 19.9 Å². The predicted octanol–water partition coefficient (Wildman–Crippen LogP) is 1.90. The lowest BCUT2D eigenvalue weighted by molar-refractivity contribution is 0.215. The van der Waals surface area contributed by atoms with Gasteiger partial charge in [-0.25, -0.2) is 0 Å². The smallest absolute Gasteiger partial charge is 0.126 e. The summed E-state index contributed by atoms with van der Waals surface area (Å²) in [5.74, 6) is 1.29. The summed E-state index contributed by atoms with van der Waals surface area (Å²) in [6.45, 7) is 5.09. The van der Waals surface area contributed by atoms with Crippen molar-refractivity contribution in [2.45, 2.75) is 19.9 Å². The van der Waals surface area contributed by atoms with E-state index in [-0.39, 0.29) is 12.6 Å². The van der Waals surface area contributed by atoms with Gasteiger partial charge in [-0.3, -0.25) is 0 Å². The Morgan fingerprint density at radius 2 is 2.33 bits per heavy atom. The molecule has 0 unspecified atom stereocenters. The number of hydrogen-bond acceptors (Lipinski definition) is 3. The summed E-state index contributed by atoms with van der Waals surface area (Å²) in [4.78, 5) is 0. The Kier molecular flexibility index (Phi) is 5.15. The maximum Gasteiger partial charge on any atom is 0.126 e. The highest BCUT2D eigenvalue weighted by molar-refractivity contribution is 5.42. The van der Waals surface area contributed by atoms with Crippen molar-refractivity contribution in [3.05, 3.63) is 30.2 Å². The molecule has 0 aromatic carbocycles. The Morgan fingerprint density at radius 3 is 2.87 bits per heavy atom. The second kappa shape index (κ2) is 6.43. The van der Waals surface area contributed by atoms with E-state index in [1.165, 1.54) is 0 Å². The van der Waals surface area contributed by atoms with Crippen LogP contribution in [0.25, 0.3) is 6.08 Å². The van der Waals surface area contributed by atoms with E-state index in [2.05, 4.69) is 19.2 Å². The Morgan fingerprint density at radius 1 is 1.53 bits per heavy atom. The number of aliphatic hydroxyl groups excluding tert-OH is 1. The zero-order valence-corrected chi connectivity index (χ0v) is 9.31. The lowest BCUT2D eigenvalue weighted by Gasteiger charge is -2.18. The topological polar surface area (TPSA) is 45.4 Å². The summed E-state index contributed by atoms with van der Waals surface area (Å²) >= 11 is 0. The van der Waals surface area contributed by atoms with Crippen molar-refractivity contribution in [1.29, 1.82) is 0 Å². The number of furan rings is 1. The van der Waals surface area contributed by atoms with Gasteiger partial charge in [-0.15, -0.1) is 0 Å². The highest BCUT2D eigenvalue weighted by Gasteiger charge is 2.09. The molecular formula is C12H19NO2. The van der Waals surface area contributed by atoms with Gasteiger partial charge in [0.15, 0.2) is 0 Å². The summed E-state index contributed by atoms with van der Waals surface area (Å²) in [6.07, 6.45) is 5.56. The molecule has 3 heteroatoms. The van der Waals surface area contributed by atoms with Gasteiger partial charge in [0.2, 0.25) is 0 Å². The van der Waals surface area contributed by atoms with Gasteiger partial charge in [-0.05, 0) is 24.1 Å². The number of rotatable bonds is 6. The second-order valence-electron chi connectivity index (χ2n) is 3.86. The predicted molar refractivity (Wildman–Crippen MR) is 61.5 cm³/mol. The lowest BCUT2D eigenvalue weighted by atomic mass is 10.1. The quantitative estimate of drug-likeness (QED) is 0.752. The average molecular weight is 209 g/mol. The lowest BCUT2D eigenvalue weighted by Crippen LogP contribution is -2.36. The zero-order chi connectivity index (χ0) is 11.1. The fourth-order valence-corrected chi connectivity index (χ4v) is 1.29. The van der Waals surface area contributed by atoms with Crippen molar-refractivity contribution in [2.75, 3.05) is 13.2 Å². The molecule has 1 aromatic rings. The van der Waals surface area contributed by atoms with Crippen LogP contribution in [-0.2, 0) is 0 Å². The summed E-state index contributed by atoms with van der Waals surface area (Å²) in [6, 6.07) is 3.92. The number of hydrogen-bond donors (Lipinski definition) is 2. The molecule has 0 saturated carbocycles. The van der Waals surface area contributed by atoms with Crippen LogP contribution < -0.4 is 5.32 Å². The summed E-state index contributed by atoms with van der Waals surface area (Å²) in [5.41, 5.74) is 0. The third-order valence-electron chi connectivity index (χ3n) is 2.32. The van der Waals surface area contributed by atoms with Crippen LogP contribution in [0.2, 0.25) is 0 Å². The van der Waals surface area contributed by atoms with Crippen molar-refractivity contribution in [2.24, 2.45) is 5.92 Å². The molecule has 0 fully saturated rings. The van der Waals surface area contributed by atoms with Crippen LogP contribution in [0.3, 0.4) is 0 Å². The van der Waals surface area contributed by atoms with Crippen molar-refractivity contribution in [1.82, 2.24) is 5.32 Å². The fraction of sp³-hybridized carbons (Fsp3) is 0.500. The fourth-order valence-electron chi connectivity index (χ4n) is 1.29. The highest BCUT2D eigenvalue weighted by Crippen LogP contribution is 2.02. The van der Waals surface area contributed by atoms with Crippen LogP contribution in [0.4, 0.5) is 0 Å². The van der Waals surface area contributed by atoms with Crippen LogP contribution in [0.5, 0.6) is 0 Å². The molecule has 0 radical (unpaired) electrons. The highest BCUT2D eigenvalue weighted by atomic mass is 16.3. The third kappa shape index (κ3) is 4.32. The Hall–Kier alpha value is -1.06. The molecule has 0 amide bonds. The van der Waals surface area contributed by atoms with E-state index >= 15 is 0 Å². The standard InChI is InChI=1S/C12H19NO2/c1-10(2)12(9-14)13-7-3-5-11-6-4-8-15-11/h3-6,8,10,12-14H,7,9H2,1-2H3/b5-3+/t12-/m1/s1. The van der Waals surface area contributed by atoms with Crippen molar-refractivity contribution < 1.29 is 9.52 Å². The molecule has 1 atom stereocenters. The molecule has 0 aliphatic carbocycles. The summed E-state index contributed by atoms with van der Waals surface area (Å²) < 4.78 is 5.15. The molecule has 1 rings (SSSR count). The van der Waals surface area contributed by atoms with Gasteiger partial charge >= 0.3 is 0 Å². The first-order chi connectivity index (χ1) is 7.24. The van der Waals surface area contributed by atoms with E-state index in [1.54, 1.807) is 6.26 Å². The minimum Gasteiger partial charge on any atom is -0.465 e. The third-order valence-corrected chi connectivity index (χ3v) is 2.32. The molecule has 0 saturated heterocycles. The van der Waals surface area contributed by atoms with Crippen molar-refractivity contribution in [3.63, 3.8) is 0 Å².